The van der Waals surface area contributed by atoms with Gasteiger partial charge in [-0.2, -0.15) is 10.2 Å². The summed E-state index contributed by atoms with van der Waals surface area (Å²) < 4.78 is 4.64. The van der Waals surface area contributed by atoms with Crippen LogP contribution in [-0.4, -0.2) is 10.1 Å². The number of hydrogen-bond acceptors (Lipinski definition) is 5. The first-order chi connectivity index (χ1) is 8.29. The van der Waals surface area contributed by atoms with Crippen molar-refractivity contribution in [1.82, 2.24) is 15.5 Å². The fraction of sp³-hybridized carbons (Fsp3) is 0.250. The molecular formula is C12H12N4O. The van der Waals surface area contributed by atoms with Crippen molar-refractivity contribution in [2.75, 3.05) is 0 Å². The number of benzene rings is 1. The zero-order valence-electron chi connectivity index (χ0n) is 9.42. The smallest absolute Gasteiger partial charge is 0.213 e. The van der Waals surface area contributed by atoms with Crippen LogP contribution in [0.5, 0.6) is 0 Å². The molecule has 1 aromatic heterocycles. The Morgan fingerprint density at radius 2 is 2.41 bits per heavy atom. The Kier molecular flexibility index (Phi) is 3.48. The van der Waals surface area contributed by atoms with Crippen LogP contribution in [0.2, 0.25) is 0 Å². The van der Waals surface area contributed by atoms with Crippen LogP contribution in [0.25, 0.3) is 0 Å². The summed E-state index contributed by atoms with van der Waals surface area (Å²) in [6.07, 6.45) is 1.30. The summed E-state index contributed by atoms with van der Waals surface area (Å²) in [7, 11) is 0. The maximum Gasteiger partial charge on any atom is 0.213 e. The molecule has 1 N–H and O–H groups in total. The van der Waals surface area contributed by atoms with Crippen molar-refractivity contribution in [3.8, 4) is 6.07 Å². The van der Waals surface area contributed by atoms with Crippen LogP contribution < -0.4 is 5.32 Å². The molecule has 0 fully saturated rings. The summed E-state index contributed by atoms with van der Waals surface area (Å²) in [6.45, 7) is 2.56. The van der Waals surface area contributed by atoms with Gasteiger partial charge in [-0.1, -0.05) is 17.3 Å². The van der Waals surface area contributed by atoms with Crippen LogP contribution in [0.15, 0.2) is 35.2 Å². The minimum Gasteiger partial charge on any atom is -0.343 e. The Hall–Kier alpha value is -2.19. The van der Waals surface area contributed by atoms with Crippen molar-refractivity contribution < 1.29 is 4.52 Å². The van der Waals surface area contributed by atoms with Gasteiger partial charge in [0, 0.05) is 6.04 Å². The molecular weight excluding hydrogens is 216 g/mol. The normalized spacial score (nSPS) is 12.0. The molecule has 0 amide bonds. The summed E-state index contributed by atoms with van der Waals surface area (Å²) in [4.78, 5) is 3.92. The predicted octanol–water partition coefficient (Wildman–Crippen LogP) is 1.79. The molecule has 0 saturated heterocycles. The van der Waals surface area contributed by atoms with Gasteiger partial charge < -0.3 is 9.84 Å². The van der Waals surface area contributed by atoms with Gasteiger partial charge in [-0.3, -0.25) is 0 Å². The number of nitrogens with one attached hydrogen (secondary N) is 1. The Labute approximate surface area is 99.1 Å². The molecule has 2 rings (SSSR count). The topological polar surface area (TPSA) is 74.7 Å². The number of nitrogens with zero attached hydrogens (tertiary/aromatic N) is 3. The van der Waals surface area contributed by atoms with E-state index >= 15 is 0 Å². The summed E-state index contributed by atoms with van der Waals surface area (Å²) in [6, 6.07) is 9.76. The van der Waals surface area contributed by atoms with Gasteiger partial charge in [0.15, 0.2) is 5.82 Å². The van der Waals surface area contributed by atoms with Crippen LogP contribution in [0, 0.1) is 11.3 Å². The average molecular weight is 228 g/mol. The number of aromatic nitrogens is 2. The van der Waals surface area contributed by atoms with Crippen LogP contribution >= 0.6 is 0 Å². The maximum atomic E-state index is 8.82. The fourth-order valence-electron chi connectivity index (χ4n) is 1.51. The molecule has 0 aliphatic heterocycles. The third-order valence-electron chi connectivity index (χ3n) is 2.49. The van der Waals surface area contributed by atoms with E-state index in [0.717, 1.165) is 5.56 Å². The van der Waals surface area contributed by atoms with Gasteiger partial charge in [0.1, 0.15) is 0 Å². The van der Waals surface area contributed by atoms with Crippen LogP contribution in [0.4, 0.5) is 0 Å². The highest BCUT2D eigenvalue weighted by molar-refractivity contribution is 5.33. The van der Waals surface area contributed by atoms with E-state index in [0.29, 0.717) is 17.9 Å². The van der Waals surface area contributed by atoms with Gasteiger partial charge in [-0.15, -0.1) is 0 Å². The van der Waals surface area contributed by atoms with Gasteiger partial charge >= 0.3 is 0 Å². The molecule has 0 bridgehead atoms. The molecule has 2 aromatic rings. The molecule has 0 aliphatic carbocycles. The molecule has 1 heterocycles. The molecule has 1 unspecified atom stereocenters. The molecule has 1 atom stereocenters. The molecule has 0 radical (unpaired) electrons. The second kappa shape index (κ2) is 5.23. The highest BCUT2D eigenvalue weighted by atomic mass is 16.5. The monoisotopic (exact) mass is 228 g/mol. The lowest BCUT2D eigenvalue weighted by Crippen LogP contribution is -2.18. The van der Waals surface area contributed by atoms with E-state index in [9.17, 15) is 0 Å². The summed E-state index contributed by atoms with van der Waals surface area (Å²) in [5.41, 5.74) is 1.73. The summed E-state index contributed by atoms with van der Waals surface area (Å²) in [5, 5.41) is 15.8. The van der Waals surface area contributed by atoms with Crippen molar-refractivity contribution in [3.05, 3.63) is 47.6 Å². The SMILES string of the molecule is CC(NCc1ncon1)c1cccc(C#N)c1. The third-order valence-corrected chi connectivity index (χ3v) is 2.49. The van der Waals surface area contributed by atoms with E-state index in [1.807, 2.05) is 25.1 Å². The highest BCUT2D eigenvalue weighted by Crippen LogP contribution is 2.14. The van der Waals surface area contributed by atoms with Crippen molar-refractivity contribution in [3.63, 3.8) is 0 Å². The quantitative estimate of drug-likeness (QED) is 0.863. The molecule has 0 saturated carbocycles. The second-order valence-electron chi connectivity index (χ2n) is 3.69. The van der Waals surface area contributed by atoms with Crippen LogP contribution in [-0.2, 0) is 6.54 Å². The third kappa shape index (κ3) is 2.89. The molecule has 0 spiro atoms. The van der Waals surface area contributed by atoms with E-state index < -0.39 is 0 Å². The van der Waals surface area contributed by atoms with E-state index in [4.69, 9.17) is 5.26 Å². The molecule has 1 aromatic carbocycles. The van der Waals surface area contributed by atoms with Gasteiger partial charge in [0.2, 0.25) is 6.39 Å². The van der Waals surface area contributed by atoms with Crippen LogP contribution in [0.3, 0.4) is 0 Å². The number of rotatable bonds is 4. The Balaban J connectivity index is 1.99. The Morgan fingerprint density at radius 3 is 3.12 bits per heavy atom. The minimum atomic E-state index is 0.127. The van der Waals surface area contributed by atoms with Gasteiger partial charge in [-0.05, 0) is 24.6 Å². The lowest BCUT2D eigenvalue weighted by atomic mass is 10.1. The molecule has 5 heteroatoms. The fourth-order valence-corrected chi connectivity index (χ4v) is 1.51. The average Bonchev–Trinajstić information content (AvgIpc) is 2.89. The van der Waals surface area contributed by atoms with Crippen LogP contribution in [0.1, 0.15) is 29.9 Å². The highest BCUT2D eigenvalue weighted by Gasteiger charge is 2.07. The first-order valence-corrected chi connectivity index (χ1v) is 5.28. The zero-order chi connectivity index (χ0) is 12.1. The summed E-state index contributed by atoms with van der Waals surface area (Å²) in [5.74, 6) is 0.619. The van der Waals surface area contributed by atoms with Gasteiger partial charge in [0.05, 0.1) is 18.2 Å². The lowest BCUT2D eigenvalue weighted by Gasteiger charge is -2.12. The summed E-state index contributed by atoms with van der Waals surface area (Å²) >= 11 is 0. The maximum absolute atomic E-state index is 8.82. The molecule has 0 aliphatic rings. The van der Waals surface area contributed by atoms with E-state index in [2.05, 4.69) is 26.0 Å². The second-order valence-corrected chi connectivity index (χ2v) is 3.69. The first-order valence-electron chi connectivity index (χ1n) is 5.28. The first kappa shape index (κ1) is 11.3. The van der Waals surface area contributed by atoms with Crippen molar-refractivity contribution in [2.24, 2.45) is 0 Å². The predicted molar refractivity (Wildman–Crippen MR) is 60.7 cm³/mol. The Bertz CT molecular complexity index is 516. The Morgan fingerprint density at radius 1 is 1.53 bits per heavy atom. The van der Waals surface area contributed by atoms with E-state index in [1.54, 1.807) is 6.07 Å². The van der Waals surface area contributed by atoms with Gasteiger partial charge in [-0.25, -0.2) is 0 Å². The van der Waals surface area contributed by atoms with E-state index in [-0.39, 0.29) is 6.04 Å². The van der Waals surface area contributed by atoms with Crippen molar-refractivity contribution in [2.45, 2.75) is 19.5 Å². The lowest BCUT2D eigenvalue weighted by molar-refractivity contribution is 0.405. The largest absolute Gasteiger partial charge is 0.343 e. The molecule has 17 heavy (non-hydrogen) atoms. The van der Waals surface area contributed by atoms with Gasteiger partial charge in [0.25, 0.3) is 0 Å². The van der Waals surface area contributed by atoms with Crippen molar-refractivity contribution in [1.29, 1.82) is 5.26 Å². The minimum absolute atomic E-state index is 0.127. The molecule has 86 valence electrons. The number of hydrogen-bond donors (Lipinski definition) is 1. The zero-order valence-corrected chi connectivity index (χ0v) is 9.42. The molecule has 5 nitrogen and oxygen atoms in total. The number of nitriles is 1. The van der Waals surface area contributed by atoms with E-state index in [1.165, 1.54) is 6.39 Å². The van der Waals surface area contributed by atoms with Crippen molar-refractivity contribution >= 4 is 0 Å². The standard InChI is InChI=1S/C12H12N4O/c1-9(14-7-12-15-8-17-16-12)11-4-2-3-10(5-11)6-13/h2-5,8-9,14H,7H2,1H3.